The van der Waals surface area contributed by atoms with Crippen LogP contribution in [0.4, 0.5) is 5.69 Å². The number of methoxy groups -OCH3 is 1. The topological polar surface area (TPSA) is 93.0 Å². The lowest BCUT2D eigenvalue weighted by molar-refractivity contribution is 0.0953. The van der Waals surface area contributed by atoms with E-state index in [0.717, 1.165) is 14.5 Å². The maximum absolute atomic E-state index is 13.6. The Hall–Kier alpha value is -3.60. The molecule has 0 saturated heterocycles. The number of aryl methyl sites for hydroxylation is 1. The van der Waals surface area contributed by atoms with Crippen molar-refractivity contribution in [3.8, 4) is 5.75 Å². The predicted molar refractivity (Wildman–Crippen MR) is 143 cm³/mol. The van der Waals surface area contributed by atoms with Gasteiger partial charge in [-0.15, -0.1) is 11.7 Å². The third-order valence-corrected chi connectivity index (χ3v) is 8.61. The van der Waals surface area contributed by atoms with Crippen LogP contribution in [0, 0.1) is 0 Å². The number of nitrogens with one attached hydrogen (secondary N) is 1. The van der Waals surface area contributed by atoms with E-state index in [4.69, 9.17) is 16.3 Å². The van der Waals surface area contributed by atoms with Crippen LogP contribution in [-0.4, -0.2) is 32.5 Å². The van der Waals surface area contributed by atoms with Crippen LogP contribution in [0.5, 0.6) is 5.75 Å². The van der Waals surface area contributed by atoms with Gasteiger partial charge in [-0.2, -0.15) is 0 Å². The molecule has 8 nitrogen and oxygen atoms in total. The molecule has 1 heterocycles. The van der Waals surface area contributed by atoms with E-state index in [9.17, 15) is 13.2 Å². The van der Waals surface area contributed by atoms with Crippen molar-refractivity contribution in [3.63, 3.8) is 0 Å². The van der Waals surface area contributed by atoms with E-state index in [1.54, 1.807) is 24.3 Å². The Morgan fingerprint density at radius 1 is 1.19 bits per heavy atom. The van der Waals surface area contributed by atoms with E-state index in [1.807, 2.05) is 35.9 Å². The summed E-state index contributed by atoms with van der Waals surface area (Å²) in [7, 11) is -0.798. The second kappa shape index (κ2) is 10.6. The molecule has 36 heavy (non-hydrogen) atoms. The zero-order valence-electron chi connectivity index (χ0n) is 19.5. The molecular weight excluding hydrogens is 520 g/mol. The molecule has 0 radical (unpaired) electrons. The lowest BCUT2D eigenvalue weighted by atomic mass is 10.2. The maximum Gasteiger partial charge on any atom is 0.273 e. The summed E-state index contributed by atoms with van der Waals surface area (Å²) in [5.74, 6) is -0.257. The smallest absolute Gasteiger partial charge is 0.273 e. The minimum absolute atomic E-state index is 0.00929. The third-order valence-electron chi connectivity index (χ3n) is 5.39. The van der Waals surface area contributed by atoms with Gasteiger partial charge in [-0.3, -0.25) is 9.10 Å². The fraction of sp³-hybridized carbons (Fsp3) is 0.120. The van der Waals surface area contributed by atoms with E-state index in [0.29, 0.717) is 16.2 Å². The van der Waals surface area contributed by atoms with Gasteiger partial charge < -0.3 is 9.30 Å². The molecule has 4 rings (SSSR count). The monoisotopic (exact) mass is 542 g/mol. The molecule has 4 aromatic rings. The van der Waals surface area contributed by atoms with Crippen LogP contribution in [-0.2, 0) is 17.1 Å². The molecular formula is C25H23ClN4O4S2. The Labute approximate surface area is 217 Å². The highest BCUT2D eigenvalue weighted by molar-refractivity contribution is 7.92. The number of hydrogen-bond donors (Lipinski definition) is 1. The molecule has 0 aliphatic rings. The van der Waals surface area contributed by atoms with Gasteiger partial charge in [0.1, 0.15) is 5.75 Å². The summed E-state index contributed by atoms with van der Waals surface area (Å²) in [4.78, 5) is 13.4. The number of benzene rings is 3. The van der Waals surface area contributed by atoms with Gasteiger partial charge in [-0.05, 0) is 42.5 Å². The maximum atomic E-state index is 13.6. The fourth-order valence-electron chi connectivity index (χ4n) is 3.59. The summed E-state index contributed by atoms with van der Waals surface area (Å²) in [6.45, 7) is 3.67. The van der Waals surface area contributed by atoms with Crippen molar-refractivity contribution >= 4 is 54.8 Å². The van der Waals surface area contributed by atoms with Gasteiger partial charge in [-0.25, -0.2) is 13.8 Å². The number of halogens is 1. The van der Waals surface area contributed by atoms with Gasteiger partial charge in [0.2, 0.25) is 4.80 Å². The number of fused-ring (bicyclic) bond motifs is 1. The zero-order chi connectivity index (χ0) is 25.9. The Morgan fingerprint density at radius 2 is 1.92 bits per heavy atom. The largest absolute Gasteiger partial charge is 0.495 e. The Kier molecular flexibility index (Phi) is 7.48. The van der Waals surface area contributed by atoms with Gasteiger partial charge in [-0.1, -0.05) is 53.3 Å². The van der Waals surface area contributed by atoms with Crippen LogP contribution >= 0.6 is 22.9 Å². The molecule has 0 atom stereocenters. The van der Waals surface area contributed by atoms with Crippen LogP contribution in [0.15, 0.2) is 89.4 Å². The summed E-state index contributed by atoms with van der Waals surface area (Å²) >= 11 is 7.68. The number of amides is 1. The number of nitrogens with zero attached hydrogens (tertiary/aromatic N) is 3. The molecule has 0 unspecified atom stereocenters. The Balaban J connectivity index is 1.70. The van der Waals surface area contributed by atoms with Crippen molar-refractivity contribution in [1.82, 2.24) is 9.99 Å². The van der Waals surface area contributed by atoms with Gasteiger partial charge in [0.15, 0.2) is 0 Å². The number of sulfonamides is 1. The van der Waals surface area contributed by atoms with Crippen molar-refractivity contribution in [2.24, 2.45) is 12.1 Å². The van der Waals surface area contributed by atoms with Crippen molar-refractivity contribution in [2.45, 2.75) is 4.90 Å². The molecule has 0 bridgehead atoms. The summed E-state index contributed by atoms with van der Waals surface area (Å²) in [5.41, 5.74) is 3.78. The van der Waals surface area contributed by atoms with Crippen LogP contribution < -0.4 is 19.3 Å². The second-order valence-electron chi connectivity index (χ2n) is 7.60. The summed E-state index contributed by atoms with van der Waals surface area (Å²) < 4.78 is 36.6. The van der Waals surface area contributed by atoms with Crippen LogP contribution in [0.3, 0.4) is 0 Å². The predicted octanol–water partition coefficient (Wildman–Crippen LogP) is 4.53. The first-order chi connectivity index (χ1) is 17.3. The molecule has 0 aliphatic heterocycles. The molecule has 3 aromatic carbocycles. The first kappa shape index (κ1) is 25.5. The summed E-state index contributed by atoms with van der Waals surface area (Å²) in [6.07, 6.45) is 1.47. The average molecular weight is 543 g/mol. The highest BCUT2D eigenvalue weighted by atomic mass is 35.5. The molecule has 1 amide bonds. The van der Waals surface area contributed by atoms with Gasteiger partial charge in [0, 0.05) is 7.05 Å². The number of rotatable bonds is 8. The minimum Gasteiger partial charge on any atom is -0.495 e. The number of thiazole rings is 1. The minimum atomic E-state index is -4.10. The standard InChI is InChI=1S/C25H23ClN4O4S2/c1-4-15-30(20-9-5-7-11-22(20)34-3)36(32,33)17-13-14-19(26)18(16-17)24(31)27-28-25-29(2)21-10-6-8-12-23(21)35-25/h4-14,16H,1,15H2,2-3H3,(H,27,31)/b28-25-. The first-order valence-electron chi connectivity index (χ1n) is 10.7. The van der Waals surface area contributed by atoms with Crippen molar-refractivity contribution < 1.29 is 17.9 Å². The quantitative estimate of drug-likeness (QED) is 0.261. The van der Waals surface area contributed by atoms with E-state index in [2.05, 4.69) is 17.1 Å². The third kappa shape index (κ3) is 4.88. The normalized spacial score (nSPS) is 11.9. The van der Waals surface area contributed by atoms with Crippen LogP contribution in [0.2, 0.25) is 5.02 Å². The average Bonchev–Trinajstić information content (AvgIpc) is 3.21. The molecule has 0 saturated carbocycles. The van der Waals surface area contributed by atoms with Crippen molar-refractivity contribution in [2.75, 3.05) is 18.0 Å². The SMILES string of the molecule is C=CCN(c1ccccc1OC)S(=O)(=O)c1ccc(Cl)c(C(=O)N/N=c2\sc3ccccc3n2C)c1. The van der Waals surface area contributed by atoms with E-state index >= 15 is 0 Å². The number of carbonyl (C=O) groups is 1. The highest BCUT2D eigenvalue weighted by Gasteiger charge is 2.28. The summed E-state index contributed by atoms with van der Waals surface area (Å²) in [6, 6.07) is 18.5. The van der Waals surface area contributed by atoms with E-state index in [-0.39, 0.29) is 22.0 Å². The number of para-hydroxylation sites is 3. The number of anilines is 1. The lowest BCUT2D eigenvalue weighted by Gasteiger charge is -2.25. The molecule has 11 heteroatoms. The van der Waals surface area contributed by atoms with Crippen molar-refractivity contribution in [1.29, 1.82) is 0 Å². The molecule has 0 spiro atoms. The molecule has 0 aliphatic carbocycles. The Bertz CT molecular complexity index is 1630. The number of carbonyl (C=O) groups excluding carboxylic acids is 1. The molecule has 186 valence electrons. The lowest BCUT2D eigenvalue weighted by Crippen LogP contribution is -2.32. The van der Waals surface area contributed by atoms with Crippen LogP contribution in [0.1, 0.15) is 10.4 Å². The van der Waals surface area contributed by atoms with Crippen molar-refractivity contribution in [3.05, 3.63) is 94.8 Å². The van der Waals surface area contributed by atoms with E-state index < -0.39 is 15.9 Å². The molecule has 1 aromatic heterocycles. The van der Waals surface area contributed by atoms with Gasteiger partial charge >= 0.3 is 0 Å². The number of ether oxygens (including phenoxy) is 1. The number of aromatic nitrogens is 1. The van der Waals surface area contributed by atoms with E-state index in [1.165, 1.54) is 42.7 Å². The van der Waals surface area contributed by atoms with Crippen LogP contribution in [0.25, 0.3) is 10.2 Å². The fourth-order valence-corrected chi connectivity index (χ4v) is 6.25. The first-order valence-corrected chi connectivity index (χ1v) is 13.4. The Morgan fingerprint density at radius 3 is 2.64 bits per heavy atom. The zero-order valence-corrected chi connectivity index (χ0v) is 21.9. The second-order valence-corrected chi connectivity index (χ2v) is 10.9. The highest BCUT2D eigenvalue weighted by Crippen LogP contribution is 2.33. The van der Waals surface area contributed by atoms with Gasteiger partial charge in [0.05, 0.1) is 45.0 Å². The number of hydrogen-bond acceptors (Lipinski definition) is 6. The summed E-state index contributed by atoms with van der Waals surface area (Å²) in [5, 5.41) is 4.31. The molecule has 1 N–H and O–H groups in total. The van der Waals surface area contributed by atoms with Gasteiger partial charge in [0.25, 0.3) is 15.9 Å². The molecule has 0 fully saturated rings.